The minimum absolute atomic E-state index is 0.205. The Kier molecular flexibility index (Phi) is 5.34. The molecule has 2 aliphatic carbocycles. The van der Waals surface area contributed by atoms with Crippen molar-refractivity contribution in [3.05, 3.63) is 65.2 Å². The van der Waals surface area contributed by atoms with Crippen LogP contribution in [-0.4, -0.2) is 4.87 Å². The molecule has 0 N–H and O–H groups in total. The van der Waals surface area contributed by atoms with Crippen LogP contribution in [0.4, 0.5) is 0 Å². The van der Waals surface area contributed by atoms with Gasteiger partial charge in [-0.25, -0.2) is 0 Å². The van der Waals surface area contributed by atoms with E-state index >= 15 is 0 Å². The zero-order valence-corrected chi connectivity index (χ0v) is 15.2. The molecule has 3 rings (SSSR count). The van der Waals surface area contributed by atoms with E-state index in [1.807, 2.05) is 18.2 Å². The second kappa shape index (κ2) is 7.28. The van der Waals surface area contributed by atoms with Gasteiger partial charge >= 0.3 is 0 Å². The standard InChI is InChI=1S/C21H24Cl2/c1-2-4-16-7-9-19(10-8-16)21(23)13-11-17(12-14-21)18-5-3-6-20(22)15-18/h2-6,11-13,15-16,19H,7-10,14H2,1H3/b4-2+. The molecule has 1 saturated carbocycles. The Hall–Kier alpha value is -0.980. The molecule has 0 spiro atoms. The van der Waals surface area contributed by atoms with Crippen LogP contribution in [0.2, 0.25) is 5.02 Å². The van der Waals surface area contributed by atoms with E-state index in [1.54, 1.807) is 0 Å². The number of allylic oxidation sites excluding steroid dienone is 6. The maximum Gasteiger partial charge on any atom is 0.0691 e. The highest BCUT2D eigenvalue weighted by molar-refractivity contribution is 6.30. The van der Waals surface area contributed by atoms with E-state index < -0.39 is 0 Å². The molecule has 122 valence electrons. The third kappa shape index (κ3) is 3.92. The summed E-state index contributed by atoms with van der Waals surface area (Å²) in [6, 6.07) is 8.03. The van der Waals surface area contributed by atoms with Crippen LogP contribution in [0.1, 0.15) is 44.6 Å². The van der Waals surface area contributed by atoms with Gasteiger partial charge in [-0.05, 0) is 74.1 Å². The zero-order chi connectivity index (χ0) is 16.3. The highest BCUT2D eigenvalue weighted by Crippen LogP contribution is 2.45. The SMILES string of the molecule is C/C=C/C1CCC(C2(Cl)C=CC(c3cccc(Cl)c3)=CC2)CC1. The normalized spacial score (nSPS) is 31.3. The lowest BCUT2D eigenvalue weighted by Gasteiger charge is -2.38. The molecule has 0 aliphatic heterocycles. The van der Waals surface area contributed by atoms with Gasteiger partial charge in [0.25, 0.3) is 0 Å². The average Bonchev–Trinajstić information content (AvgIpc) is 2.56. The molecule has 0 aromatic heterocycles. The van der Waals surface area contributed by atoms with Crippen molar-refractivity contribution in [1.82, 2.24) is 0 Å². The third-order valence-electron chi connectivity index (χ3n) is 5.25. The summed E-state index contributed by atoms with van der Waals surface area (Å²) in [4.78, 5) is -0.205. The molecular weight excluding hydrogens is 323 g/mol. The number of rotatable bonds is 3. The fourth-order valence-corrected chi connectivity index (χ4v) is 4.43. The highest BCUT2D eigenvalue weighted by Gasteiger charge is 2.37. The fourth-order valence-electron chi connectivity index (χ4n) is 3.88. The van der Waals surface area contributed by atoms with Gasteiger partial charge in [-0.1, -0.05) is 54.1 Å². The van der Waals surface area contributed by atoms with Crippen LogP contribution in [0.5, 0.6) is 0 Å². The Labute approximate surface area is 149 Å². The molecule has 0 heterocycles. The molecule has 0 radical (unpaired) electrons. The molecule has 1 aromatic rings. The molecule has 0 bridgehead atoms. The van der Waals surface area contributed by atoms with Crippen molar-refractivity contribution in [3.63, 3.8) is 0 Å². The van der Waals surface area contributed by atoms with Crippen molar-refractivity contribution < 1.29 is 0 Å². The van der Waals surface area contributed by atoms with E-state index in [1.165, 1.54) is 36.8 Å². The summed E-state index contributed by atoms with van der Waals surface area (Å²) in [6.45, 7) is 2.11. The fraction of sp³-hybridized carbons (Fsp3) is 0.429. The van der Waals surface area contributed by atoms with Crippen LogP contribution < -0.4 is 0 Å². The van der Waals surface area contributed by atoms with Gasteiger partial charge in [0.1, 0.15) is 0 Å². The van der Waals surface area contributed by atoms with E-state index in [0.29, 0.717) is 5.92 Å². The van der Waals surface area contributed by atoms with Crippen molar-refractivity contribution in [1.29, 1.82) is 0 Å². The van der Waals surface area contributed by atoms with Crippen molar-refractivity contribution in [2.45, 2.75) is 43.9 Å². The largest absolute Gasteiger partial charge is 0.114 e. The molecule has 0 amide bonds. The van der Waals surface area contributed by atoms with E-state index in [-0.39, 0.29) is 4.87 Å². The molecule has 23 heavy (non-hydrogen) atoms. The zero-order valence-electron chi connectivity index (χ0n) is 13.6. The van der Waals surface area contributed by atoms with E-state index in [4.69, 9.17) is 23.2 Å². The molecule has 1 atom stereocenters. The summed E-state index contributed by atoms with van der Waals surface area (Å²) >= 11 is 13.1. The van der Waals surface area contributed by atoms with Crippen molar-refractivity contribution in [2.75, 3.05) is 0 Å². The van der Waals surface area contributed by atoms with Crippen molar-refractivity contribution in [3.8, 4) is 0 Å². The molecule has 1 fully saturated rings. The quantitative estimate of drug-likeness (QED) is 0.406. The van der Waals surface area contributed by atoms with Crippen LogP contribution in [0.15, 0.2) is 54.6 Å². The van der Waals surface area contributed by atoms with Crippen LogP contribution >= 0.6 is 23.2 Å². The minimum atomic E-state index is -0.205. The first kappa shape index (κ1) is 16.9. The van der Waals surface area contributed by atoms with Gasteiger partial charge in [0, 0.05) is 5.02 Å². The maximum atomic E-state index is 6.99. The Balaban J connectivity index is 1.67. The highest BCUT2D eigenvalue weighted by atomic mass is 35.5. The molecule has 2 aliphatic rings. The lowest BCUT2D eigenvalue weighted by Crippen LogP contribution is -2.33. The van der Waals surface area contributed by atoms with Crippen LogP contribution in [-0.2, 0) is 0 Å². The summed E-state index contributed by atoms with van der Waals surface area (Å²) in [6.07, 6.45) is 17.1. The Bertz CT molecular complexity index is 633. The summed E-state index contributed by atoms with van der Waals surface area (Å²) < 4.78 is 0. The maximum absolute atomic E-state index is 6.99. The molecule has 2 heteroatoms. The molecule has 1 unspecified atom stereocenters. The third-order valence-corrected chi connectivity index (χ3v) is 6.07. The van der Waals surface area contributed by atoms with Crippen LogP contribution in [0, 0.1) is 11.8 Å². The number of halogens is 2. The van der Waals surface area contributed by atoms with Gasteiger partial charge in [0.2, 0.25) is 0 Å². The summed E-state index contributed by atoms with van der Waals surface area (Å²) in [5.41, 5.74) is 2.40. The lowest BCUT2D eigenvalue weighted by atomic mass is 9.72. The van der Waals surface area contributed by atoms with Crippen LogP contribution in [0.25, 0.3) is 5.57 Å². The Morgan fingerprint density at radius 2 is 1.96 bits per heavy atom. The Morgan fingerprint density at radius 3 is 2.57 bits per heavy atom. The number of benzene rings is 1. The molecule has 0 saturated heterocycles. The van der Waals surface area contributed by atoms with E-state index in [9.17, 15) is 0 Å². The smallest absolute Gasteiger partial charge is 0.0691 e. The van der Waals surface area contributed by atoms with E-state index in [2.05, 4.69) is 43.4 Å². The topological polar surface area (TPSA) is 0 Å². The summed E-state index contributed by atoms with van der Waals surface area (Å²) in [7, 11) is 0. The Morgan fingerprint density at radius 1 is 1.17 bits per heavy atom. The first-order valence-electron chi connectivity index (χ1n) is 8.58. The van der Waals surface area contributed by atoms with Crippen molar-refractivity contribution in [2.24, 2.45) is 11.8 Å². The minimum Gasteiger partial charge on any atom is -0.114 e. The number of alkyl halides is 1. The van der Waals surface area contributed by atoms with Gasteiger partial charge in [-0.2, -0.15) is 0 Å². The first-order chi connectivity index (χ1) is 11.1. The van der Waals surface area contributed by atoms with Gasteiger partial charge in [-0.15, -0.1) is 11.6 Å². The number of hydrogen-bond acceptors (Lipinski definition) is 0. The van der Waals surface area contributed by atoms with Crippen LogP contribution in [0.3, 0.4) is 0 Å². The predicted octanol–water partition coefficient (Wildman–Crippen LogP) is 7.04. The van der Waals surface area contributed by atoms with Gasteiger partial charge in [0.05, 0.1) is 4.87 Å². The van der Waals surface area contributed by atoms with E-state index in [0.717, 1.165) is 17.4 Å². The van der Waals surface area contributed by atoms with Gasteiger partial charge in [-0.3, -0.25) is 0 Å². The number of hydrogen-bond donors (Lipinski definition) is 0. The van der Waals surface area contributed by atoms with Gasteiger partial charge < -0.3 is 0 Å². The summed E-state index contributed by atoms with van der Waals surface area (Å²) in [5.74, 6) is 1.33. The first-order valence-corrected chi connectivity index (χ1v) is 9.33. The molecule has 0 nitrogen and oxygen atoms in total. The lowest BCUT2D eigenvalue weighted by molar-refractivity contribution is 0.269. The predicted molar refractivity (Wildman–Crippen MR) is 102 cm³/mol. The van der Waals surface area contributed by atoms with Gasteiger partial charge in [0.15, 0.2) is 0 Å². The molecular formula is C21H24Cl2. The molecule has 1 aromatic carbocycles. The second-order valence-electron chi connectivity index (χ2n) is 6.77. The second-order valence-corrected chi connectivity index (χ2v) is 7.91. The summed E-state index contributed by atoms with van der Waals surface area (Å²) in [5, 5.41) is 0.779. The van der Waals surface area contributed by atoms with Crippen molar-refractivity contribution >= 4 is 28.8 Å². The average molecular weight is 347 g/mol. The monoisotopic (exact) mass is 346 g/mol.